The second-order valence-electron chi connectivity index (χ2n) is 11.0. The van der Waals surface area contributed by atoms with Crippen molar-refractivity contribution in [3.05, 3.63) is 11.8 Å². The Morgan fingerprint density at radius 1 is 1.06 bits per heavy atom. The second kappa shape index (κ2) is 11.7. The molecule has 1 aromatic heterocycles. The van der Waals surface area contributed by atoms with Crippen molar-refractivity contribution in [2.24, 2.45) is 0 Å². The van der Waals surface area contributed by atoms with E-state index in [1.165, 1.54) is 24.6 Å². The fraction of sp³-hybridized carbons (Fsp3) is 0.826. The van der Waals surface area contributed by atoms with E-state index >= 15 is 0 Å². The van der Waals surface area contributed by atoms with Gasteiger partial charge in [0.2, 0.25) is 0 Å². The van der Waals surface area contributed by atoms with Crippen molar-refractivity contribution < 1.29 is 27.4 Å². The van der Waals surface area contributed by atoms with Gasteiger partial charge in [0, 0.05) is 12.0 Å². The van der Waals surface area contributed by atoms with Gasteiger partial charge in [0.1, 0.15) is 12.2 Å². The van der Waals surface area contributed by atoms with Gasteiger partial charge in [-0.05, 0) is 48.0 Å². The van der Waals surface area contributed by atoms with Crippen LogP contribution in [0.15, 0.2) is 6.08 Å². The molecule has 0 radical (unpaired) electrons. The number of hydrogen-bond acceptors (Lipinski definition) is 8. The van der Waals surface area contributed by atoms with Crippen LogP contribution in [0.3, 0.4) is 0 Å². The van der Waals surface area contributed by atoms with E-state index in [1.807, 2.05) is 41.5 Å². The van der Waals surface area contributed by atoms with Gasteiger partial charge in [-0.3, -0.25) is 13.5 Å². The number of hydrogen-bond donors (Lipinski definition) is 0. The van der Waals surface area contributed by atoms with Gasteiger partial charge in [0.25, 0.3) is 5.88 Å². The summed E-state index contributed by atoms with van der Waals surface area (Å²) in [7, 11) is -1.69. The molecule has 190 valence electrons. The number of ether oxygens (including phenoxy) is 1. The van der Waals surface area contributed by atoms with Crippen LogP contribution < -0.4 is 4.74 Å². The number of phosphoric acid groups is 1. The van der Waals surface area contributed by atoms with Crippen molar-refractivity contribution in [2.45, 2.75) is 91.8 Å². The molecule has 33 heavy (non-hydrogen) atoms. The van der Waals surface area contributed by atoms with E-state index in [9.17, 15) is 4.57 Å². The van der Waals surface area contributed by atoms with Crippen LogP contribution in [0.2, 0.25) is 0 Å². The van der Waals surface area contributed by atoms with Crippen molar-refractivity contribution in [2.75, 3.05) is 33.5 Å². The monoisotopic (exact) mass is 504 g/mol. The highest BCUT2D eigenvalue weighted by atomic mass is 32.1. The number of aromatic nitrogens is 2. The van der Waals surface area contributed by atoms with Crippen LogP contribution in [0.5, 0.6) is 5.88 Å². The zero-order valence-corrected chi connectivity index (χ0v) is 23.4. The lowest BCUT2D eigenvalue weighted by atomic mass is 10.1. The average Bonchev–Trinajstić information content (AvgIpc) is 3.12. The first-order valence-corrected chi connectivity index (χ1v) is 14.1. The molecular formula is C23H43N3O5PS+. The first-order valence-electron chi connectivity index (χ1n) is 11.9. The predicted octanol–water partition coefficient (Wildman–Crippen LogP) is 6.44. The van der Waals surface area contributed by atoms with Crippen LogP contribution in [0.4, 0.5) is 0 Å². The summed E-state index contributed by atoms with van der Waals surface area (Å²) in [5.41, 5.74) is 0.553. The Hall–Kier alpha value is -0.830. The third-order valence-electron chi connectivity index (χ3n) is 4.91. The van der Waals surface area contributed by atoms with Crippen LogP contribution in [0.1, 0.15) is 86.3 Å². The summed E-state index contributed by atoms with van der Waals surface area (Å²) in [5, 5.41) is 0. The van der Waals surface area contributed by atoms with Gasteiger partial charge < -0.3 is 4.74 Å². The molecule has 1 aromatic rings. The maximum atomic E-state index is 13.5. The molecule has 2 heterocycles. The summed E-state index contributed by atoms with van der Waals surface area (Å²) in [4.78, 5) is 0. The number of rotatable bonds is 12. The van der Waals surface area contributed by atoms with Crippen LogP contribution in [0, 0.1) is 0 Å². The van der Waals surface area contributed by atoms with Gasteiger partial charge in [-0.1, -0.05) is 32.3 Å². The normalized spacial score (nSPS) is 20.1. The summed E-state index contributed by atoms with van der Waals surface area (Å²) in [6.07, 6.45) is 7.64. The number of nitrogens with zero attached hydrogens (tertiary/aromatic N) is 3. The summed E-state index contributed by atoms with van der Waals surface area (Å²) >= 11 is 1.17. The SMILES string of the molecule is CCCCCCOc1nsnc1C1=CCC[N+](C)(COP(=O)(OC(C)(C)C)OC(C)(C)C)C1. The topological polar surface area (TPSA) is 79.8 Å². The maximum Gasteiger partial charge on any atom is 0.480 e. The number of likely N-dealkylation sites (N-methyl/N-ethyl adjacent to an activating group) is 1. The third-order valence-corrected chi connectivity index (χ3v) is 7.40. The minimum atomic E-state index is -3.77. The highest BCUT2D eigenvalue weighted by molar-refractivity contribution is 7.48. The molecule has 0 aromatic carbocycles. The minimum absolute atomic E-state index is 0.200. The van der Waals surface area contributed by atoms with Gasteiger partial charge in [-0.2, -0.15) is 4.37 Å². The summed E-state index contributed by atoms with van der Waals surface area (Å²) in [6, 6.07) is 0. The summed E-state index contributed by atoms with van der Waals surface area (Å²) in [5.74, 6) is 0.606. The van der Waals surface area contributed by atoms with Crippen molar-refractivity contribution in [3.63, 3.8) is 0 Å². The van der Waals surface area contributed by atoms with Crippen molar-refractivity contribution in [1.82, 2.24) is 8.75 Å². The zero-order chi connectivity index (χ0) is 24.8. The molecule has 0 saturated carbocycles. The molecule has 0 aliphatic carbocycles. The molecule has 2 rings (SSSR count). The van der Waals surface area contributed by atoms with Crippen LogP contribution >= 0.6 is 19.6 Å². The maximum absolute atomic E-state index is 13.5. The van der Waals surface area contributed by atoms with Crippen molar-refractivity contribution in [3.8, 4) is 5.88 Å². The standard InChI is InChI=1S/C23H43N3O5PS/c1-9-10-11-12-16-28-21-20(24-33-25-21)19-14-13-15-26(8,17-19)18-29-32(27,30-22(2,3)4)31-23(5,6)7/h14H,9-13,15-18H2,1-8H3/q+1. The summed E-state index contributed by atoms with van der Waals surface area (Å²) in [6.45, 7) is 15.6. The quantitative estimate of drug-likeness (QED) is 0.184. The third kappa shape index (κ3) is 10.1. The molecule has 1 aliphatic rings. The summed E-state index contributed by atoms with van der Waals surface area (Å²) < 4.78 is 46.3. The van der Waals surface area contributed by atoms with Crippen LogP contribution in [-0.2, 0) is 18.1 Å². The van der Waals surface area contributed by atoms with Gasteiger partial charge in [-0.15, -0.1) is 4.37 Å². The lowest BCUT2D eigenvalue weighted by Crippen LogP contribution is -2.49. The molecule has 8 nitrogen and oxygen atoms in total. The van der Waals surface area contributed by atoms with Crippen molar-refractivity contribution in [1.29, 1.82) is 0 Å². The molecular weight excluding hydrogens is 461 g/mol. The predicted molar refractivity (Wildman–Crippen MR) is 133 cm³/mol. The molecule has 0 bridgehead atoms. The average molecular weight is 505 g/mol. The Bertz CT molecular complexity index is 811. The second-order valence-corrected chi connectivity index (χ2v) is 13.0. The van der Waals surface area contributed by atoms with E-state index in [1.54, 1.807) is 0 Å². The molecule has 1 unspecified atom stereocenters. The molecule has 0 amide bonds. The minimum Gasteiger partial charge on any atom is -0.475 e. The van der Waals surface area contributed by atoms with Crippen LogP contribution in [0.25, 0.3) is 5.57 Å². The Kier molecular flexibility index (Phi) is 10.1. The Morgan fingerprint density at radius 3 is 2.33 bits per heavy atom. The first kappa shape index (κ1) is 28.4. The molecule has 0 N–H and O–H groups in total. The van der Waals surface area contributed by atoms with Gasteiger partial charge in [0.15, 0.2) is 6.73 Å². The van der Waals surface area contributed by atoms with Gasteiger partial charge in [-0.25, -0.2) is 9.09 Å². The number of unbranched alkanes of at least 4 members (excludes halogenated alkanes) is 3. The Labute approximate surface area is 204 Å². The molecule has 10 heteroatoms. The van der Waals surface area contributed by atoms with E-state index < -0.39 is 19.0 Å². The van der Waals surface area contributed by atoms with E-state index in [-0.39, 0.29) is 6.73 Å². The van der Waals surface area contributed by atoms with E-state index in [0.29, 0.717) is 23.5 Å². The molecule has 1 atom stereocenters. The van der Waals surface area contributed by atoms with Gasteiger partial charge in [0.05, 0.1) is 43.1 Å². The van der Waals surface area contributed by atoms with Crippen LogP contribution in [-0.4, -0.2) is 57.9 Å². The highest BCUT2D eigenvalue weighted by Gasteiger charge is 2.40. The molecule has 1 aliphatic heterocycles. The van der Waals surface area contributed by atoms with E-state index in [0.717, 1.165) is 37.1 Å². The lowest BCUT2D eigenvalue weighted by molar-refractivity contribution is -0.918. The van der Waals surface area contributed by atoms with Crippen molar-refractivity contribution >= 4 is 25.1 Å². The fourth-order valence-corrected chi connectivity index (χ4v) is 5.94. The lowest BCUT2D eigenvalue weighted by Gasteiger charge is -2.38. The zero-order valence-electron chi connectivity index (χ0n) is 21.7. The Morgan fingerprint density at radius 2 is 1.73 bits per heavy atom. The largest absolute Gasteiger partial charge is 0.480 e. The molecule has 0 spiro atoms. The van der Waals surface area contributed by atoms with E-state index in [2.05, 4.69) is 28.8 Å². The number of quaternary nitrogens is 1. The Balaban J connectivity index is 2.05. The highest BCUT2D eigenvalue weighted by Crippen LogP contribution is 2.55. The molecule has 0 saturated heterocycles. The van der Waals surface area contributed by atoms with E-state index in [4.69, 9.17) is 18.3 Å². The molecule has 0 fully saturated rings. The first-order chi connectivity index (χ1) is 15.2. The smallest absolute Gasteiger partial charge is 0.475 e. The van der Waals surface area contributed by atoms with Gasteiger partial charge >= 0.3 is 7.82 Å². The number of phosphoric ester groups is 1. The fourth-order valence-electron chi connectivity index (χ4n) is 3.51.